The van der Waals surface area contributed by atoms with Crippen molar-refractivity contribution in [2.45, 2.75) is 142 Å². The van der Waals surface area contributed by atoms with Crippen molar-refractivity contribution in [2.75, 3.05) is 40.3 Å². The quantitative estimate of drug-likeness (QED) is 0.0456. The van der Waals surface area contributed by atoms with Gasteiger partial charge in [-0.15, -0.1) is 0 Å². The molecule has 16 aromatic rings. The molecule has 0 bridgehead atoms. The number of halogens is 1. The van der Waals surface area contributed by atoms with Gasteiger partial charge in [-0.3, -0.25) is 29.1 Å². The van der Waals surface area contributed by atoms with Gasteiger partial charge in [-0.1, -0.05) is 316 Å². The average molecular weight is 1860 g/mol. The van der Waals surface area contributed by atoms with Crippen LogP contribution in [0.1, 0.15) is 142 Å². The number of fused-ring (bicyclic) bond motifs is 5. The number of unbranched alkanes of at least 4 members (excludes halogenated alkanes) is 1. The molecule has 1 unspecified atom stereocenters. The fourth-order valence-corrected chi connectivity index (χ4v) is 20.1. The largest absolute Gasteiger partial charge is 0.508 e. The Kier molecular flexibility index (Phi) is 31.1. The highest BCUT2D eigenvalue weighted by Crippen LogP contribution is 2.41. The maximum Gasteiger partial charge on any atom is 0.256 e. The van der Waals surface area contributed by atoms with Crippen molar-refractivity contribution in [3.63, 3.8) is 0 Å². The zero-order valence-electron chi connectivity index (χ0n) is 80.0. The zero-order chi connectivity index (χ0) is 96.1. The van der Waals surface area contributed by atoms with E-state index in [1.54, 1.807) is 24.3 Å². The van der Waals surface area contributed by atoms with Gasteiger partial charge in [-0.25, -0.2) is 9.37 Å². The summed E-state index contributed by atoms with van der Waals surface area (Å²) in [5.74, 6) is 4.38. The van der Waals surface area contributed by atoms with Gasteiger partial charge >= 0.3 is 0 Å². The Morgan fingerprint density at radius 3 is 1.56 bits per heavy atom. The number of carbonyl (C=O) groups excluding carboxylic acids is 3. The van der Waals surface area contributed by atoms with Crippen LogP contribution in [0.25, 0.3) is 17.1 Å². The third-order valence-electron chi connectivity index (χ3n) is 27.2. The van der Waals surface area contributed by atoms with Crippen LogP contribution in [-0.2, 0) is 94.1 Å². The summed E-state index contributed by atoms with van der Waals surface area (Å²) in [6.45, 7) is 13.5. The fraction of sp³-hybridized carbons (Fsp3) is 0.230. The molecule has 708 valence electrons. The summed E-state index contributed by atoms with van der Waals surface area (Å²) in [7, 11) is 1.99. The maximum atomic E-state index is 14.6. The number of phenols is 1. The molecular weight excluding hydrogens is 1740 g/mol. The molecule has 18 heteroatoms. The molecule has 17 nitrogen and oxygen atoms in total. The highest BCUT2D eigenvalue weighted by Gasteiger charge is 2.38. The predicted molar refractivity (Wildman–Crippen MR) is 551 cm³/mol. The van der Waals surface area contributed by atoms with Crippen molar-refractivity contribution in [1.29, 1.82) is 0 Å². The molecule has 0 spiro atoms. The highest BCUT2D eigenvalue weighted by molar-refractivity contribution is 5.98. The second-order valence-corrected chi connectivity index (χ2v) is 37.0. The van der Waals surface area contributed by atoms with Gasteiger partial charge in [-0.2, -0.15) is 0 Å². The molecule has 5 aliphatic rings. The number of carbonyl (C=O) groups is 3. The number of amides is 3. The van der Waals surface area contributed by atoms with Gasteiger partial charge in [0.2, 0.25) is 25.4 Å². The van der Waals surface area contributed by atoms with Crippen molar-refractivity contribution in [3.05, 3.63) is 494 Å². The second kappa shape index (κ2) is 45.8. The summed E-state index contributed by atoms with van der Waals surface area (Å²) in [5, 5.41) is 10.1. The summed E-state index contributed by atoms with van der Waals surface area (Å²) in [5.41, 5.74) is 23.9. The number of hydrogen-bond acceptors (Lipinski definition) is 12. The van der Waals surface area contributed by atoms with Crippen LogP contribution in [-0.4, -0.2) is 119 Å². The van der Waals surface area contributed by atoms with Gasteiger partial charge in [0.1, 0.15) is 17.4 Å². The predicted octanol–water partition coefficient (Wildman–Crippen LogP) is 23.5. The van der Waals surface area contributed by atoms with E-state index in [2.05, 4.69) is 239 Å². The van der Waals surface area contributed by atoms with E-state index >= 15 is 0 Å². The van der Waals surface area contributed by atoms with E-state index in [1.165, 1.54) is 73.0 Å². The molecule has 14 aromatic carbocycles. The lowest BCUT2D eigenvalue weighted by Gasteiger charge is -2.39. The Bertz CT molecular complexity index is 6690. The number of aryl methyl sites for hydroxylation is 2. The third kappa shape index (κ3) is 23.6. The van der Waals surface area contributed by atoms with Gasteiger partial charge in [-0.05, 0) is 210 Å². The number of phenolic OH excluding ortho intramolecular Hbond substituents is 1. The van der Waals surface area contributed by atoms with Crippen molar-refractivity contribution in [1.82, 2.24) is 43.5 Å². The maximum absolute atomic E-state index is 14.6. The number of imidazole rings is 1. The van der Waals surface area contributed by atoms with Crippen LogP contribution in [0.2, 0.25) is 0 Å². The van der Waals surface area contributed by atoms with Crippen molar-refractivity contribution < 1.29 is 42.8 Å². The molecule has 3 amide bonds. The molecule has 0 radical (unpaired) electrons. The van der Waals surface area contributed by atoms with Gasteiger partial charge in [0.25, 0.3) is 5.91 Å². The number of para-hydroxylation sites is 1. The molecule has 1 N–H and O–H groups in total. The van der Waals surface area contributed by atoms with Crippen LogP contribution < -0.4 is 18.9 Å². The fourth-order valence-electron chi connectivity index (χ4n) is 20.1. The van der Waals surface area contributed by atoms with E-state index in [-0.39, 0.29) is 80.1 Å². The molecule has 21 rings (SSSR count). The van der Waals surface area contributed by atoms with Gasteiger partial charge in [0.15, 0.2) is 23.0 Å². The highest BCUT2D eigenvalue weighted by atomic mass is 19.1. The van der Waals surface area contributed by atoms with E-state index in [0.29, 0.717) is 37.3 Å². The first-order valence-electron chi connectivity index (χ1n) is 48.8. The summed E-state index contributed by atoms with van der Waals surface area (Å²) in [6, 6.07) is 122. The average Bonchev–Trinajstić information content (AvgIpc) is 1.55. The van der Waals surface area contributed by atoms with Crippen LogP contribution in [0.5, 0.6) is 28.7 Å². The molecule has 0 fully saturated rings. The number of ether oxygens (including phenoxy) is 4. The minimum atomic E-state index is -0.273. The molecule has 5 heterocycles. The zero-order valence-corrected chi connectivity index (χ0v) is 80.0. The van der Waals surface area contributed by atoms with Crippen molar-refractivity contribution in [3.8, 4) is 45.8 Å². The molecule has 0 saturated heterocycles. The Morgan fingerprint density at radius 1 is 0.464 bits per heavy atom. The SMILES string of the molecule is CCCCn1c(CN(Cc2ccc3c(c2)OCO3)Cc2ccc3c(c2)OCO3)cnc1-c1ccccc1.CN(CC(=O)N(Cc1ccccc1F)C1Cc2ccccc2C1)C(c1ccccc1)c1ccccc1.Cc1ccc(CN(Cc2ccccc2)C(=O)c2ccccc2-n2cccc2)cc1.Cc1ccccc1C1c2ccccc2CCN1CC(=O)N(Cc1cccc(O)c1)C1Cc2ccccc2C1. The standard InChI is InChI=1S/C34H34N2O2.C32H31FN2O.C30H31N3O4.C26H24N2O/c1-24-9-2-6-15-31(24)34-32-16-7-5-11-26(32)17-18-35(34)23-33(38)36(22-25-10-8-14-30(37)19-25)29-20-27-12-3-4-13-28(27)21-29;1-34(32(24-12-4-2-5-13-24)25-14-6-3-7-15-25)23-31(36)35(22-28-18-10-11-19-30(28)33)29-20-26-16-8-9-17-27(26)21-29;1-2-3-13-33-25(16-31-30(33)24-7-5-4-6-8-24)19-32(17-22-9-11-26-28(14-22)36-20-34-26)18-23-10-12-27-29(15-23)37-21-35-27;1-21-13-15-23(16-14-21)20-28(19-22-9-3-2-4-10-22)26(29)24-11-5-6-12-25(24)27-17-7-8-18-27/h2-16,19,29,34,37H,17-18,20-23H2,1H3;2-19,29,32H,20-23H2,1H3;4-12,14-16H,2-3,13,17-21H2,1H3;2-18H,19-20H2,1H3. The number of aromatic hydroxyl groups is 1. The Labute approximate surface area is 821 Å². The van der Waals surface area contributed by atoms with Crippen LogP contribution in [0, 0.1) is 19.7 Å². The number of nitrogens with zero attached hydrogens (tertiary/aromatic N) is 9. The second-order valence-electron chi connectivity index (χ2n) is 37.0. The van der Waals surface area contributed by atoms with E-state index in [0.717, 1.165) is 146 Å². The van der Waals surface area contributed by atoms with Crippen molar-refractivity contribution in [2.24, 2.45) is 0 Å². The van der Waals surface area contributed by atoms with Gasteiger partial charge < -0.3 is 47.9 Å². The normalized spacial score (nSPS) is 13.8. The summed E-state index contributed by atoms with van der Waals surface area (Å²) in [6.07, 6.45) is 12.5. The van der Waals surface area contributed by atoms with Crippen LogP contribution in [0.15, 0.2) is 383 Å². The summed E-state index contributed by atoms with van der Waals surface area (Å²) < 4.78 is 41.3. The number of aromatic nitrogens is 3. The Balaban J connectivity index is 0.000000124. The minimum Gasteiger partial charge on any atom is -0.508 e. The molecule has 3 aliphatic heterocycles. The van der Waals surface area contributed by atoms with Gasteiger partial charge in [0.05, 0.1) is 48.3 Å². The molecule has 140 heavy (non-hydrogen) atoms. The number of likely N-dealkylation sites (N-methyl/N-ethyl adjacent to an activating group) is 1. The van der Waals surface area contributed by atoms with E-state index in [9.17, 15) is 23.9 Å². The topological polar surface area (TPSA) is 151 Å². The minimum absolute atomic E-state index is 0.00908. The van der Waals surface area contributed by atoms with E-state index in [4.69, 9.17) is 23.9 Å². The third-order valence-corrected chi connectivity index (χ3v) is 27.2. The first kappa shape index (κ1) is 95.1. The summed E-state index contributed by atoms with van der Waals surface area (Å²) >= 11 is 0. The Morgan fingerprint density at radius 2 is 0.964 bits per heavy atom. The lowest BCUT2D eigenvalue weighted by Crippen LogP contribution is -2.48. The Hall–Kier alpha value is -15.2. The van der Waals surface area contributed by atoms with Crippen LogP contribution >= 0.6 is 0 Å². The van der Waals surface area contributed by atoms with Crippen molar-refractivity contribution >= 4 is 17.7 Å². The molecule has 1 atom stereocenters. The van der Waals surface area contributed by atoms with E-state index in [1.807, 2.05) is 180 Å². The molecule has 2 aromatic heterocycles. The smallest absolute Gasteiger partial charge is 0.256 e. The van der Waals surface area contributed by atoms with Crippen LogP contribution in [0.3, 0.4) is 0 Å². The lowest BCUT2D eigenvalue weighted by atomic mass is 9.86. The molecule has 0 saturated carbocycles. The first-order valence-corrected chi connectivity index (χ1v) is 48.8. The first-order chi connectivity index (χ1) is 68.6. The van der Waals surface area contributed by atoms with Crippen LogP contribution in [0.4, 0.5) is 4.39 Å². The molecular formula is C122H120FN9O8. The van der Waals surface area contributed by atoms with E-state index < -0.39 is 0 Å². The number of rotatable bonds is 30. The number of benzene rings is 14. The lowest BCUT2D eigenvalue weighted by molar-refractivity contribution is -0.136. The number of hydrogen-bond donors (Lipinski definition) is 1. The summed E-state index contributed by atoms with van der Waals surface area (Å²) in [4.78, 5) is 59.5. The monoisotopic (exact) mass is 1860 g/mol. The molecule has 2 aliphatic carbocycles. The van der Waals surface area contributed by atoms with Gasteiger partial charge in [0, 0.05) is 94.5 Å².